The lowest BCUT2D eigenvalue weighted by molar-refractivity contribution is -0.131. The Bertz CT molecular complexity index is 1440. The summed E-state index contributed by atoms with van der Waals surface area (Å²) >= 11 is 0. The number of carbonyl (C=O) groups excluding carboxylic acids is 2. The summed E-state index contributed by atoms with van der Waals surface area (Å²) < 4.78 is 0. The molecule has 0 fully saturated rings. The van der Waals surface area contributed by atoms with Gasteiger partial charge in [-0.1, -0.05) is 25.1 Å². The molecule has 0 saturated heterocycles. The zero-order valence-corrected chi connectivity index (χ0v) is 23.4. The predicted octanol–water partition coefficient (Wildman–Crippen LogP) is 5.14. The number of anilines is 3. The van der Waals surface area contributed by atoms with Gasteiger partial charge in [0, 0.05) is 67.1 Å². The van der Waals surface area contributed by atoms with Crippen LogP contribution in [-0.4, -0.2) is 63.8 Å². The van der Waals surface area contributed by atoms with Crippen molar-refractivity contribution >= 4 is 29.1 Å². The fourth-order valence-corrected chi connectivity index (χ4v) is 4.07. The van der Waals surface area contributed by atoms with Gasteiger partial charge in [-0.3, -0.25) is 14.6 Å². The van der Waals surface area contributed by atoms with Crippen LogP contribution in [0.5, 0.6) is 0 Å². The van der Waals surface area contributed by atoms with E-state index in [0.29, 0.717) is 36.7 Å². The Labute approximate surface area is 235 Å². The van der Waals surface area contributed by atoms with E-state index in [4.69, 9.17) is 0 Å². The summed E-state index contributed by atoms with van der Waals surface area (Å²) in [6, 6.07) is 18.7. The summed E-state index contributed by atoms with van der Waals surface area (Å²) in [7, 11) is 3.98. The number of aryl methyl sites for hydroxylation is 1. The van der Waals surface area contributed by atoms with Crippen LogP contribution in [0.2, 0.25) is 0 Å². The number of hydrogen-bond donors (Lipinski definition) is 2. The Morgan fingerprint density at radius 2 is 1.75 bits per heavy atom. The molecular formula is C31H35N7O2. The maximum atomic E-state index is 13.0. The molecule has 0 aliphatic rings. The first kappa shape index (κ1) is 28.4. The van der Waals surface area contributed by atoms with Gasteiger partial charge in [-0.2, -0.15) is 0 Å². The lowest BCUT2D eigenvalue weighted by atomic mass is 10.1. The molecule has 2 aromatic carbocycles. The minimum atomic E-state index is -0.217. The molecule has 0 unspecified atom stereocenters. The number of nitrogens with one attached hydrogen (secondary N) is 2. The Morgan fingerprint density at radius 3 is 2.45 bits per heavy atom. The van der Waals surface area contributed by atoms with Crippen molar-refractivity contribution in [2.24, 2.45) is 0 Å². The highest BCUT2D eigenvalue weighted by Gasteiger charge is 2.14. The Kier molecular flexibility index (Phi) is 9.53. The molecule has 2 heterocycles. The maximum absolute atomic E-state index is 13.0. The number of rotatable bonds is 11. The van der Waals surface area contributed by atoms with E-state index in [9.17, 15) is 9.59 Å². The summed E-state index contributed by atoms with van der Waals surface area (Å²) in [5, 5.41) is 6.23. The Hall–Kier alpha value is -4.63. The van der Waals surface area contributed by atoms with Crippen LogP contribution in [0.4, 0.5) is 17.3 Å². The molecule has 206 valence electrons. The van der Waals surface area contributed by atoms with E-state index in [1.165, 1.54) is 0 Å². The molecule has 40 heavy (non-hydrogen) atoms. The zero-order chi connectivity index (χ0) is 28.5. The minimum absolute atomic E-state index is 0.113. The summed E-state index contributed by atoms with van der Waals surface area (Å²) in [4.78, 5) is 42.4. The topological polar surface area (TPSA) is 103 Å². The average molecular weight is 538 g/mol. The second-order valence-electron chi connectivity index (χ2n) is 9.79. The second-order valence-corrected chi connectivity index (χ2v) is 9.79. The number of aromatic nitrogens is 3. The first-order chi connectivity index (χ1) is 19.3. The zero-order valence-electron chi connectivity index (χ0n) is 23.4. The highest BCUT2D eigenvalue weighted by Crippen LogP contribution is 2.24. The molecule has 0 aliphatic heterocycles. The number of amides is 2. The van der Waals surface area contributed by atoms with Crippen LogP contribution in [-0.2, 0) is 11.3 Å². The molecule has 9 heteroatoms. The largest absolute Gasteiger partial charge is 0.337 e. The van der Waals surface area contributed by atoms with Crippen LogP contribution < -0.4 is 10.6 Å². The number of hydrogen-bond acceptors (Lipinski definition) is 7. The van der Waals surface area contributed by atoms with Crippen molar-refractivity contribution in [1.29, 1.82) is 0 Å². The number of benzene rings is 2. The Balaban J connectivity index is 1.42. The fourth-order valence-electron chi connectivity index (χ4n) is 4.07. The first-order valence-corrected chi connectivity index (χ1v) is 13.3. The van der Waals surface area contributed by atoms with Gasteiger partial charge >= 0.3 is 0 Å². The molecule has 2 N–H and O–H groups in total. The summed E-state index contributed by atoms with van der Waals surface area (Å²) in [6.07, 6.45) is 5.63. The van der Waals surface area contributed by atoms with Crippen LogP contribution in [0.1, 0.15) is 34.8 Å². The van der Waals surface area contributed by atoms with Gasteiger partial charge in [-0.05, 0) is 74.6 Å². The molecule has 2 aromatic heterocycles. The number of likely N-dealkylation sites (N-methyl/N-ethyl adjacent to an activating group) is 1. The van der Waals surface area contributed by atoms with Crippen LogP contribution >= 0.6 is 0 Å². The first-order valence-electron chi connectivity index (χ1n) is 13.3. The number of nitrogens with zero attached hydrogens (tertiary/aromatic N) is 5. The molecular weight excluding hydrogens is 502 g/mol. The van der Waals surface area contributed by atoms with Crippen molar-refractivity contribution < 1.29 is 9.59 Å². The van der Waals surface area contributed by atoms with Gasteiger partial charge in [-0.25, -0.2) is 9.97 Å². The predicted molar refractivity (Wildman–Crippen MR) is 158 cm³/mol. The molecule has 0 aliphatic carbocycles. The molecule has 2 amide bonds. The SMILES string of the molecule is CCC(=O)N(CCN(C)C)Cc1ccc(C(=O)Nc2ccc(C)c(Nc3nccc(-c4cccnc4)n3)c2)cc1. The van der Waals surface area contributed by atoms with E-state index in [1.54, 1.807) is 30.7 Å². The lowest BCUT2D eigenvalue weighted by Crippen LogP contribution is -2.35. The summed E-state index contributed by atoms with van der Waals surface area (Å²) in [5.74, 6) is 0.344. The molecule has 4 aromatic rings. The van der Waals surface area contributed by atoms with E-state index in [0.717, 1.165) is 34.6 Å². The molecule has 9 nitrogen and oxygen atoms in total. The van der Waals surface area contributed by atoms with Crippen LogP contribution in [0.3, 0.4) is 0 Å². The van der Waals surface area contributed by atoms with Crippen molar-refractivity contribution in [2.45, 2.75) is 26.8 Å². The molecule has 0 radical (unpaired) electrons. The van der Waals surface area contributed by atoms with E-state index in [2.05, 4.69) is 30.5 Å². The van der Waals surface area contributed by atoms with Crippen molar-refractivity contribution in [3.63, 3.8) is 0 Å². The summed E-state index contributed by atoms with van der Waals surface area (Å²) in [5.41, 5.74) is 5.59. The van der Waals surface area contributed by atoms with Crippen molar-refractivity contribution in [1.82, 2.24) is 24.8 Å². The highest BCUT2D eigenvalue weighted by atomic mass is 16.2. The van der Waals surface area contributed by atoms with Gasteiger partial charge < -0.3 is 20.4 Å². The number of pyridine rings is 1. The van der Waals surface area contributed by atoms with Gasteiger partial charge in [0.25, 0.3) is 5.91 Å². The van der Waals surface area contributed by atoms with Crippen LogP contribution in [0, 0.1) is 6.92 Å². The highest BCUT2D eigenvalue weighted by molar-refractivity contribution is 6.04. The van der Waals surface area contributed by atoms with Crippen molar-refractivity contribution in [3.05, 3.63) is 95.9 Å². The standard InChI is InChI=1S/C31H35N7O2/c1-5-29(39)38(18-17-37(3)4)21-23-9-11-24(12-10-23)30(40)34-26-13-8-22(2)28(19-26)36-31-33-16-14-27(35-31)25-7-6-15-32-20-25/h6-16,19-20H,5,17-18,21H2,1-4H3,(H,34,40)(H,33,35,36). The van der Waals surface area contributed by atoms with E-state index in [-0.39, 0.29) is 11.8 Å². The minimum Gasteiger partial charge on any atom is -0.337 e. The monoisotopic (exact) mass is 537 g/mol. The molecule has 0 saturated carbocycles. The van der Waals surface area contributed by atoms with E-state index in [1.807, 2.05) is 81.4 Å². The summed E-state index contributed by atoms with van der Waals surface area (Å²) in [6.45, 7) is 5.81. The van der Waals surface area contributed by atoms with Gasteiger partial charge in [0.15, 0.2) is 0 Å². The van der Waals surface area contributed by atoms with Crippen LogP contribution in [0.15, 0.2) is 79.3 Å². The smallest absolute Gasteiger partial charge is 0.255 e. The normalized spacial score (nSPS) is 10.8. The van der Waals surface area contributed by atoms with Crippen LogP contribution in [0.25, 0.3) is 11.3 Å². The maximum Gasteiger partial charge on any atom is 0.255 e. The number of carbonyl (C=O) groups is 2. The van der Waals surface area contributed by atoms with Crippen molar-refractivity contribution in [3.8, 4) is 11.3 Å². The van der Waals surface area contributed by atoms with E-state index < -0.39 is 0 Å². The van der Waals surface area contributed by atoms with Gasteiger partial charge in [0.2, 0.25) is 11.9 Å². The average Bonchev–Trinajstić information content (AvgIpc) is 2.97. The van der Waals surface area contributed by atoms with Gasteiger partial charge in [-0.15, -0.1) is 0 Å². The molecule has 0 spiro atoms. The van der Waals surface area contributed by atoms with E-state index >= 15 is 0 Å². The lowest BCUT2D eigenvalue weighted by Gasteiger charge is -2.24. The molecule has 4 rings (SSSR count). The fraction of sp³-hybridized carbons (Fsp3) is 0.258. The molecule has 0 atom stereocenters. The third-order valence-electron chi connectivity index (χ3n) is 6.42. The second kappa shape index (κ2) is 13.4. The van der Waals surface area contributed by atoms with Gasteiger partial charge in [0.05, 0.1) is 5.69 Å². The third kappa shape index (κ3) is 7.70. The molecule has 0 bridgehead atoms. The quantitative estimate of drug-likeness (QED) is 0.273. The Morgan fingerprint density at radius 1 is 0.950 bits per heavy atom. The van der Waals surface area contributed by atoms with Crippen molar-refractivity contribution in [2.75, 3.05) is 37.8 Å². The van der Waals surface area contributed by atoms with Gasteiger partial charge in [0.1, 0.15) is 0 Å². The third-order valence-corrected chi connectivity index (χ3v) is 6.42.